The van der Waals surface area contributed by atoms with Gasteiger partial charge in [0, 0.05) is 24.2 Å². The Hall–Kier alpha value is -3.50. The van der Waals surface area contributed by atoms with E-state index in [1.165, 1.54) is 9.80 Å². The highest BCUT2D eigenvalue weighted by Crippen LogP contribution is 2.44. The first-order valence-electron chi connectivity index (χ1n) is 12.0. The molecule has 0 aliphatic carbocycles. The van der Waals surface area contributed by atoms with Crippen LogP contribution >= 0.6 is 24.0 Å². The van der Waals surface area contributed by atoms with E-state index < -0.39 is 11.9 Å². The molecule has 0 saturated carbocycles. The number of para-hydroxylation sites is 1. The number of amides is 3. The molecular formula is C27H27N3O5S2. The lowest BCUT2D eigenvalue weighted by molar-refractivity contribution is -0.137. The van der Waals surface area contributed by atoms with Crippen molar-refractivity contribution in [3.05, 3.63) is 64.1 Å². The van der Waals surface area contributed by atoms with Crippen LogP contribution in [0.25, 0.3) is 5.57 Å². The molecule has 8 nitrogen and oxygen atoms in total. The maximum Gasteiger partial charge on any atom is 0.303 e. The van der Waals surface area contributed by atoms with Crippen molar-refractivity contribution in [1.29, 1.82) is 0 Å². The summed E-state index contributed by atoms with van der Waals surface area (Å²) in [6.07, 6.45) is 1.87. The van der Waals surface area contributed by atoms with Crippen molar-refractivity contribution in [2.45, 2.75) is 39.5 Å². The van der Waals surface area contributed by atoms with Gasteiger partial charge in [-0.2, -0.15) is 0 Å². The van der Waals surface area contributed by atoms with E-state index in [4.69, 9.17) is 17.3 Å². The highest BCUT2D eigenvalue weighted by molar-refractivity contribution is 8.26. The van der Waals surface area contributed by atoms with Gasteiger partial charge in [-0.1, -0.05) is 60.7 Å². The van der Waals surface area contributed by atoms with E-state index in [1.54, 1.807) is 24.3 Å². The minimum Gasteiger partial charge on any atom is -0.481 e. The summed E-state index contributed by atoms with van der Waals surface area (Å²) in [6, 6.07) is 12.9. The Morgan fingerprint density at radius 1 is 1.00 bits per heavy atom. The zero-order valence-corrected chi connectivity index (χ0v) is 22.2. The van der Waals surface area contributed by atoms with Crippen LogP contribution in [0.15, 0.2) is 47.4 Å². The maximum atomic E-state index is 13.6. The van der Waals surface area contributed by atoms with Gasteiger partial charge in [0.15, 0.2) is 0 Å². The van der Waals surface area contributed by atoms with Crippen molar-refractivity contribution >= 4 is 68.9 Å². The van der Waals surface area contributed by atoms with Crippen LogP contribution in [0.4, 0.5) is 11.4 Å². The lowest BCUT2D eigenvalue weighted by atomic mass is 10.1. The summed E-state index contributed by atoms with van der Waals surface area (Å²) in [5.74, 6) is -1.94. The molecular weight excluding hydrogens is 510 g/mol. The Balaban J connectivity index is 1.53. The van der Waals surface area contributed by atoms with Gasteiger partial charge in [-0.15, -0.1) is 0 Å². The first-order chi connectivity index (χ1) is 17.7. The molecule has 3 amide bonds. The topological polar surface area (TPSA) is 107 Å². The highest BCUT2D eigenvalue weighted by Gasteiger charge is 2.42. The number of thioether (sulfide) groups is 1. The van der Waals surface area contributed by atoms with Gasteiger partial charge in [-0.25, -0.2) is 0 Å². The largest absolute Gasteiger partial charge is 0.481 e. The van der Waals surface area contributed by atoms with E-state index in [-0.39, 0.29) is 35.3 Å². The van der Waals surface area contributed by atoms with Gasteiger partial charge in [-0.3, -0.25) is 29.0 Å². The first-order valence-corrected chi connectivity index (χ1v) is 13.2. The Kier molecular flexibility index (Phi) is 8.09. The third kappa shape index (κ3) is 5.75. The number of nitrogens with one attached hydrogen (secondary N) is 1. The van der Waals surface area contributed by atoms with E-state index in [1.807, 2.05) is 32.0 Å². The molecule has 10 heteroatoms. The standard InChI is InChI=1S/C27H27N3O5S2/c1-16-11-12-17(2)19(14-16)28-21(31)15-30-20-9-6-5-8-18(20)23(25(30)34)24-26(35)29(27(36)37-24)13-7-3-4-10-22(32)33/h5-6,8-9,11-12,14H,3-4,7,10,13,15H2,1-2H3,(H,28,31)(H,32,33)/b24-23-. The molecule has 0 aromatic heterocycles. The van der Waals surface area contributed by atoms with Crippen LogP contribution < -0.4 is 10.2 Å². The summed E-state index contributed by atoms with van der Waals surface area (Å²) >= 11 is 6.52. The summed E-state index contributed by atoms with van der Waals surface area (Å²) < 4.78 is 0.363. The minimum absolute atomic E-state index is 0.0839. The van der Waals surface area contributed by atoms with Gasteiger partial charge < -0.3 is 10.4 Å². The highest BCUT2D eigenvalue weighted by atomic mass is 32.2. The van der Waals surface area contributed by atoms with Crippen molar-refractivity contribution < 1.29 is 24.3 Å². The summed E-state index contributed by atoms with van der Waals surface area (Å²) in [4.78, 5) is 53.6. The van der Waals surface area contributed by atoms with E-state index in [0.29, 0.717) is 47.1 Å². The average molecular weight is 538 g/mol. The van der Waals surface area contributed by atoms with Crippen molar-refractivity contribution in [3.63, 3.8) is 0 Å². The van der Waals surface area contributed by atoms with Crippen LogP contribution in [-0.2, 0) is 19.2 Å². The molecule has 2 heterocycles. The van der Waals surface area contributed by atoms with E-state index in [2.05, 4.69) is 5.32 Å². The molecule has 2 N–H and O–H groups in total. The van der Waals surface area contributed by atoms with Crippen LogP contribution in [0.5, 0.6) is 0 Å². The number of thiocarbonyl (C=S) groups is 1. The second-order valence-corrected chi connectivity index (χ2v) is 10.7. The summed E-state index contributed by atoms with van der Waals surface area (Å²) in [5.41, 5.74) is 4.02. The Morgan fingerprint density at radius 2 is 1.76 bits per heavy atom. The molecule has 192 valence electrons. The van der Waals surface area contributed by atoms with Crippen LogP contribution in [0, 0.1) is 13.8 Å². The fraction of sp³-hybridized carbons (Fsp3) is 0.296. The number of benzene rings is 2. The number of rotatable bonds is 9. The predicted molar refractivity (Wildman–Crippen MR) is 148 cm³/mol. The van der Waals surface area contributed by atoms with Crippen molar-refractivity contribution in [2.75, 3.05) is 23.3 Å². The number of unbranched alkanes of at least 4 members (excludes halogenated alkanes) is 2. The molecule has 2 aromatic rings. The van der Waals surface area contributed by atoms with Crippen molar-refractivity contribution in [1.82, 2.24) is 4.90 Å². The third-order valence-corrected chi connectivity index (χ3v) is 7.69. The molecule has 0 spiro atoms. The van der Waals surface area contributed by atoms with Crippen molar-refractivity contribution in [3.8, 4) is 0 Å². The second-order valence-electron chi connectivity index (χ2n) is 9.01. The molecule has 1 saturated heterocycles. The number of carbonyl (C=O) groups excluding carboxylic acids is 3. The molecule has 4 rings (SSSR count). The lowest BCUT2D eigenvalue weighted by Gasteiger charge is -2.17. The number of nitrogens with zero attached hydrogens (tertiary/aromatic N) is 2. The van der Waals surface area contributed by atoms with E-state index in [0.717, 1.165) is 22.9 Å². The Morgan fingerprint density at radius 3 is 2.51 bits per heavy atom. The molecule has 0 unspecified atom stereocenters. The molecule has 2 aliphatic heterocycles. The summed E-state index contributed by atoms with van der Waals surface area (Å²) in [7, 11) is 0. The maximum absolute atomic E-state index is 13.6. The van der Waals surface area contributed by atoms with Gasteiger partial charge in [0.2, 0.25) is 5.91 Å². The number of anilines is 2. The number of aliphatic carboxylic acids is 1. The number of carbonyl (C=O) groups is 4. The van der Waals surface area contributed by atoms with Gasteiger partial charge in [0.1, 0.15) is 10.9 Å². The van der Waals surface area contributed by atoms with Crippen LogP contribution in [0.1, 0.15) is 42.4 Å². The van der Waals surface area contributed by atoms with Gasteiger partial charge in [-0.05, 0) is 49.9 Å². The SMILES string of the molecule is Cc1ccc(C)c(NC(=O)CN2C(=O)/C(=C3\SC(=S)N(CCCCCC(=O)O)C3=O)c3ccccc32)c1. The van der Waals surface area contributed by atoms with Crippen LogP contribution in [-0.4, -0.2) is 51.1 Å². The van der Waals surface area contributed by atoms with E-state index in [9.17, 15) is 19.2 Å². The Bertz CT molecular complexity index is 1340. The molecule has 0 atom stereocenters. The smallest absolute Gasteiger partial charge is 0.303 e. The molecule has 2 aromatic carbocycles. The molecule has 1 fully saturated rings. The number of aryl methyl sites for hydroxylation is 2. The average Bonchev–Trinajstić information content (AvgIpc) is 3.28. The van der Waals surface area contributed by atoms with Crippen LogP contribution in [0.2, 0.25) is 0 Å². The molecule has 37 heavy (non-hydrogen) atoms. The second kappa shape index (κ2) is 11.3. The zero-order valence-electron chi connectivity index (χ0n) is 20.6. The first kappa shape index (κ1) is 26.6. The predicted octanol–water partition coefficient (Wildman–Crippen LogP) is 4.51. The van der Waals surface area contributed by atoms with Gasteiger partial charge in [0.25, 0.3) is 11.8 Å². The number of carboxylic acid groups (broad SMARTS) is 1. The van der Waals surface area contributed by atoms with E-state index >= 15 is 0 Å². The zero-order chi connectivity index (χ0) is 26.7. The molecule has 0 radical (unpaired) electrons. The van der Waals surface area contributed by atoms with Gasteiger partial charge >= 0.3 is 5.97 Å². The summed E-state index contributed by atoms with van der Waals surface area (Å²) in [5, 5.41) is 11.7. The fourth-order valence-electron chi connectivity index (χ4n) is 4.33. The lowest BCUT2D eigenvalue weighted by Crippen LogP contribution is -2.35. The monoisotopic (exact) mass is 537 g/mol. The molecule has 0 bridgehead atoms. The number of hydrogen-bond donors (Lipinski definition) is 2. The number of fused-ring (bicyclic) bond motifs is 1. The summed E-state index contributed by atoms with van der Waals surface area (Å²) in [6.45, 7) is 4.00. The van der Waals surface area contributed by atoms with Crippen LogP contribution in [0.3, 0.4) is 0 Å². The quantitative estimate of drug-likeness (QED) is 0.275. The molecule has 2 aliphatic rings. The Labute approximate surface area is 224 Å². The number of hydrogen-bond acceptors (Lipinski definition) is 6. The third-order valence-electron chi connectivity index (χ3n) is 6.24. The van der Waals surface area contributed by atoms with Gasteiger partial charge in [0.05, 0.1) is 16.2 Å². The fourth-order valence-corrected chi connectivity index (χ4v) is 5.71. The number of carboxylic acids is 1. The van der Waals surface area contributed by atoms with Crippen molar-refractivity contribution in [2.24, 2.45) is 0 Å². The normalized spacial score (nSPS) is 17.0. The minimum atomic E-state index is -0.846.